The van der Waals surface area contributed by atoms with Gasteiger partial charge in [0.25, 0.3) is 0 Å². The van der Waals surface area contributed by atoms with Gasteiger partial charge in [-0.15, -0.1) is 0 Å². The van der Waals surface area contributed by atoms with E-state index < -0.39 is 11.1 Å². The topological polar surface area (TPSA) is 40.1 Å². The summed E-state index contributed by atoms with van der Waals surface area (Å²) in [6.45, 7) is 0. The summed E-state index contributed by atoms with van der Waals surface area (Å²) < 4.78 is 20.4. The number of halogens is 1. The standard InChI is InChI=1S/C8H9ClO2S.Na/c9-8-3-1-7(2-4-8)5-6-12(10)11;/h1-4H,5-6H2,(H,10,11);/q;+1/p-1. The Morgan fingerprint density at radius 3 is 2.31 bits per heavy atom. The molecule has 1 unspecified atom stereocenters. The Morgan fingerprint density at radius 1 is 1.31 bits per heavy atom. The predicted octanol–water partition coefficient (Wildman–Crippen LogP) is -1.23. The van der Waals surface area contributed by atoms with E-state index in [0.717, 1.165) is 5.56 Å². The molecule has 0 fully saturated rings. The summed E-state index contributed by atoms with van der Waals surface area (Å²) >= 11 is 3.70. The van der Waals surface area contributed by atoms with Gasteiger partial charge in [-0.1, -0.05) is 34.8 Å². The molecule has 1 rings (SSSR count). The Bertz CT molecular complexity index is 276. The molecule has 1 atom stereocenters. The Morgan fingerprint density at radius 2 is 1.85 bits per heavy atom. The summed E-state index contributed by atoms with van der Waals surface area (Å²) in [5, 5.41) is 0.669. The maximum Gasteiger partial charge on any atom is 1.00 e. The average Bonchev–Trinajstić information content (AvgIpc) is 2.03. The van der Waals surface area contributed by atoms with Crippen LogP contribution in [0.15, 0.2) is 24.3 Å². The number of hydrogen-bond donors (Lipinski definition) is 0. The second-order valence-electron chi connectivity index (χ2n) is 2.38. The molecule has 13 heavy (non-hydrogen) atoms. The van der Waals surface area contributed by atoms with Crippen LogP contribution in [0.1, 0.15) is 5.56 Å². The fraction of sp³-hybridized carbons (Fsp3) is 0.250. The van der Waals surface area contributed by atoms with Gasteiger partial charge in [-0.2, -0.15) is 0 Å². The van der Waals surface area contributed by atoms with E-state index in [1.807, 2.05) is 12.1 Å². The first kappa shape index (κ1) is 13.6. The van der Waals surface area contributed by atoms with E-state index in [1.165, 1.54) is 0 Å². The quantitative estimate of drug-likeness (QED) is 0.478. The largest absolute Gasteiger partial charge is 1.00 e. The van der Waals surface area contributed by atoms with Gasteiger partial charge in [0, 0.05) is 10.8 Å². The van der Waals surface area contributed by atoms with E-state index in [1.54, 1.807) is 12.1 Å². The second-order valence-corrected chi connectivity index (χ2v) is 3.84. The Kier molecular flexibility index (Phi) is 7.32. The fourth-order valence-corrected chi connectivity index (χ4v) is 1.38. The molecular formula is C8H8ClNaO2S. The van der Waals surface area contributed by atoms with Crippen molar-refractivity contribution in [3.8, 4) is 0 Å². The second kappa shape index (κ2) is 6.98. The van der Waals surface area contributed by atoms with Crippen molar-refractivity contribution in [3.63, 3.8) is 0 Å². The van der Waals surface area contributed by atoms with Gasteiger partial charge < -0.3 is 4.55 Å². The Labute approximate surface area is 107 Å². The maximum absolute atomic E-state index is 10.2. The van der Waals surface area contributed by atoms with Crippen LogP contribution in [0.4, 0.5) is 0 Å². The molecule has 0 aliphatic rings. The van der Waals surface area contributed by atoms with Gasteiger partial charge in [0.2, 0.25) is 0 Å². The first-order valence-corrected chi connectivity index (χ1v) is 5.11. The van der Waals surface area contributed by atoms with Gasteiger partial charge in [-0.05, 0) is 24.1 Å². The summed E-state index contributed by atoms with van der Waals surface area (Å²) in [5.41, 5.74) is 0.989. The molecule has 0 amide bonds. The van der Waals surface area contributed by atoms with E-state index in [4.69, 9.17) is 11.6 Å². The van der Waals surface area contributed by atoms with Crippen molar-refractivity contribution in [2.24, 2.45) is 0 Å². The molecule has 0 aliphatic carbocycles. The number of benzene rings is 1. The van der Waals surface area contributed by atoms with Crippen LogP contribution in [-0.4, -0.2) is 14.5 Å². The van der Waals surface area contributed by atoms with Gasteiger partial charge >= 0.3 is 29.6 Å². The van der Waals surface area contributed by atoms with Crippen LogP contribution < -0.4 is 29.6 Å². The smallest absolute Gasteiger partial charge is 0.772 e. The minimum absolute atomic E-state index is 0. The summed E-state index contributed by atoms with van der Waals surface area (Å²) in [7, 11) is 0. The molecule has 1 aromatic carbocycles. The van der Waals surface area contributed by atoms with E-state index >= 15 is 0 Å². The zero-order valence-electron chi connectivity index (χ0n) is 7.33. The zero-order chi connectivity index (χ0) is 8.97. The molecule has 0 bridgehead atoms. The van der Waals surface area contributed by atoms with Crippen molar-refractivity contribution in [1.82, 2.24) is 0 Å². The Hall–Kier alpha value is 0.620. The molecule has 0 radical (unpaired) electrons. The van der Waals surface area contributed by atoms with Gasteiger partial charge in [0.1, 0.15) is 0 Å². The third kappa shape index (κ3) is 5.83. The van der Waals surface area contributed by atoms with Gasteiger partial charge in [0.15, 0.2) is 0 Å². The van der Waals surface area contributed by atoms with Crippen molar-refractivity contribution in [2.45, 2.75) is 6.42 Å². The van der Waals surface area contributed by atoms with Crippen LogP contribution in [0.5, 0.6) is 0 Å². The summed E-state index contributed by atoms with van der Waals surface area (Å²) in [5.74, 6) is 0.168. The first-order chi connectivity index (χ1) is 5.68. The third-order valence-corrected chi connectivity index (χ3v) is 2.26. The van der Waals surface area contributed by atoms with Crippen LogP contribution >= 0.6 is 11.6 Å². The van der Waals surface area contributed by atoms with E-state index in [-0.39, 0.29) is 35.3 Å². The third-order valence-electron chi connectivity index (χ3n) is 1.47. The van der Waals surface area contributed by atoms with E-state index in [9.17, 15) is 8.76 Å². The monoisotopic (exact) mass is 226 g/mol. The Balaban J connectivity index is 0.00000144. The minimum atomic E-state index is -1.95. The number of aryl methyl sites for hydroxylation is 1. The normalized spacial score (nSPS) is 11.8. The summed E-state index contributed by atoms with van der Waals surface area (Å²) in [6.07, 6.45) is 0.549. The molecule has 0 spiro atoms. The van der Waals surface area contributed by atoms with Gasteiger partial charge in [-0.25, -0.2) is 0 Å². The maximum atomic E-state index is 10.2. The van der Waals surface area contributed by atoms with Crippen molar-refractivity contribution >= 4 is 22.7 Å². The van der Waals surface area contributed by atoms with E-state index in [2.05, 4.69) is 0 Å². The molecular weight excluding hydrogens is 219 g/mol. The summed E-state index contributed by atoms with van der Waals surface area (Å²) in [4.78, 5) is 0. The van der Waals surface area contributed by atoms with Crippen molar-refractivity contribution < 1.29 is 38.3 Å². The van der Waals surface area contributed by atoms with Crippen LogP contribution in [0.3, 0.4) is 0 Å². The molecule has 0 aliphatic heterocycles. The fourth-order valence-electron chi connectivity index (χ4n) is 0.852. The summed E-state index contributed by atoms with van der Waals surface area (Å²) in [6, 6.07) is 7.17. The molecule has 2 nitrogen and oxygen atoms in total. The van der Waals surface area contributed by atoms with Crippen LogP contribution in [0.25, 0.3) is 0 Å². The van der Waals surface area contributed by atoms with Crippen molar-refractivity contribution in [2.75, 3.05) is 5.75 Å². The molecule has 5 heteroatoms. The van der Waals surface area contributed by atoms with Crippen LogP contribution in [0.2, 0.25) is 5.02 Å². The van der Waals surface area contributed by atoms with Gasteiger partial charge in [0.05, 0.1) is 0 Å². The SMILES string of the molecule is O=S([O-])CCc1ccc(Cl)cc1.[Na+]. The number of rotatable bonds is 3. The number of hydrogen-bond acceptors (Lipinski definition) is 2. The molecule has 66 valence electrons. The molecule has 0 aromatic heterocycles. The minimum Gasteiger partial charge on any atom is -0.772 e. The molecule has 1 aromatic rings. The average molecular weight is 227 g/mol. The van der Waals surface area contributed by atoms with Crippen molar-refractivity contribution in [1.29, 1.82) is 0 Å². The zero-order valence-corrected chi connectivity index (χ0v) is 10.9. The predicted molar refractivity (Wildman–Crippen MR) is 48.9 cm³/mol. The molecule has 0 saturated carbocycles. The van der Waals surface area contributed by atoms with Gasteiger partial charge in [-0.3, -0.25) is 4.21 Å². The van der Waals surface area contributed by atoms with E-state index in [0.29, 0.717) is 11.4 Å². The molecule has 0 heterocycles. The molecule has 0 saturated heterocycles. The molecule has 0 N–H and O–H groups in total. The first-order valence-electron chi connectivity index (χ1n) is 3.49. The van der Waals surface area contributed by atoms with Crippen LogP contribution in [0, 0.1) is 0 Å². The van der Waals surface area contributed by atoms with Crippen LogP contribution in [-0.2, 0) is 17.5 Å². The van der Waals surface area contributed by atoms with Crippen molar-refractivity contribution in [3.05, 3.63) is 34.9 Å².